The van der Waals surface area contributed by atoms with Crippen molar-refractivity contribution in [2.45, 2.75) is 34.6 Å². The van der Waals surface area contributed by atoms with Gasteiger partial charge in [0, 0.05) is 0 Å². The van der Waals surface area contributed by atoms with Crippen LogP contribution in [-0.4, -0.2) is 18.8 Å². The summed E-state index contributed by atoms with van der Waals surface area (Å²) in [5.74, 6) is 0.943. The topological polar surface area (TPSA) is 29.5 Å². The first-order valence-electron chi connectivity index (χ1n) is 7.86. The monoisotopic (exact) mass is 312 g/mol. The van der Waals surface area contributed by atoms with Crippen molar-refractivity contribution >= 4 is 6.08 Å². The van der Waals surface area contributed by atoms with Crippen LogP contribution in [0, 0.1) is 20.8 Å². The van der Waals surface area contributed by atoms with E-state index in [0.717, 1.165) is 11.3 Å². The Morgan fingerprint density at radius 3 is 2.39 bits per heavy atom. The van der Waals surface area contributed by atoms with E-state index in [2.05, 4.69) is 52.0 Å². The zero-order valence-electron chi connectivity index (χ0n) is 15.1. The van der Waals surface area contributed by atoms with Crippen molar-refractivity contribution in [2.24, 2.45) is 0 Å². The molecule has 23 heavy (non-hydrogen) atoms. The third-order valence-corrected chi connectivity index (χ3v) is 3.97. The molecule has 0 bridgehead atoms. The maximum absolute atomic E-state index is 8.82. The van der Waals surface area contributed by atoms with Crippen molar-refractivity contribution in [1.82, 2.24) is 0 Å². The molecule has 0 aliphatic rings. The van der Waals surface area contributed by atoms with Gasteiger partial charge < -0.3 is 9.84 Å². The average molecular weight is 312 g/mol. The highest BCUT2D eigenvalue weighted by atomic mass is 16.5. The predicted molar refractivity (Wildman–Crippen MR) is 100.0 cm³/mol. The maximum atomic E-state index is 8.82. The summed E-state index contributed by atoms with van der Waals surface area (Å²) in [5, 5.41) is 8.82. The third kappa shape index (κ3) is 5.57. The summed E-state index contributed by atoms with van der Waals surface area (Å²) in [4.78, 5) is 0. The zero-order valence-corrected chi connectivity index (χ0v) is 15.1. The van der Waals surface area contributed by atoms with Crippen LogP contribution in [0.5, 0.6) is 5.75 Å². The number of methoxy groups -OCH3 is 1. The Hall–Kier alpha value is -2.06. The molecular formula is C21H28O2. The Morgan fingerprint density at radius 2 is 1.78 bits per heavy atom. The van der Waals surface area contributed by atoms with Crippen molar-refractivity contribution in [1.29, 1.82) is 0 Å². The number of ether oxygens (including phenoxy) is 1. The van der Waals surface area contributed by atoms with E-state index in [1.54, 1.807) is 13.2 Å². The number of aliphatic hydroxyl groups is 1. The minimum absolute atomic E-state index is 0.0775. The van der Waals surface area contributed by atoms with Crippen molar-refractivity contribution in [3.8, 4) is 5.75 Å². The molecule has 0 saturated carbocycles. The molecule has 0 spiro atoms. The van der Waals surface area contributed by atoms with Crippen LogP contribution in [0.4, 0.5) is 0 Å². The van der Waals surface area contributed by atoms with Gasteiger partial charge in [-0.05, 0) is 62.9 Å². The summed E-state index contributed by atoms with van der Waals surface area (Å²) in [5.41, 5.74) is 7.12. The first-order valence-corrected chi connectivity index (χ1v) is 7.86. The lowest BCUT2D eigenvalue weighted by molar-refractivity contribution is 0.342. The Balaban J connectivity index is 2.97. The normalized spacial score (nSPS) is 13.3. The number of aliphatic hydroxyl groups excluding tert-OH is 1. The molecule has 0 fully saturated rings. The first kappa shape index (κ1) is 19.0. The Bertz CT molecular complexity index is 659. The van der Waals surface area contributed by atoms with Crippen LogP contribution in [0.25, 0.3) is 6.08 Å². The Kier molecular flexibility index (Phi) is 7.56. The molecule has 1 rings (SSSR count). The van der Waals surface area contributed by atoms with Gasteiger partial charge in [0.15, 0.2) is 0 Å². The van der Waals surface area contributed by atoms with E-state index < -0.39 is 0 Å². The average Bonchev–Trinajstić information content (AvgIpc) is 2.51. The molecule has 1 aromatic carbocycles. The van der Waals surface area contributed by atoms with E-state index in [9.17, 15) is 0 Å². The lowest BCUT2D eigenvalue weighted by atomic mass is 9.96. The van der Waals surface area contributed by atoms with Gasteiger partial charge in [-0.1, -0.05) is 47.6 Å². The quantitative estimate of drug-likeness (QED) is 0.743. The van der Waals surface area contributed by atoms with E-state index in [0.29, 0.717) is 0 Å². The van der Waals surface area contributed by atoms with E-state index in [1.807, 2.05) is 19.1 Å². The highest BCUT2D eigenvalue weighted by molar-refractivity contribution is 5.64. The second kappa shape index (κ2) is 9.16. The van der Waals surface area contributed by atoms with Crippen LogP contribution in [0.2, 0.25) is 0 Å². The van der Waals surface area contributed by atoms with Crippen molar-refractivity contribution in [3.05, 3.63) is 69.8 Å². The van der Waals surface area contributed by atoms with E-state index in [-0.39, 0.29) is 6.61 Å². The summed E-state index contributed by atoms with van der Waals surface area (Å²) in [6.45, 7) is 10.5. The molecular weight excluding hydrogens is 284 g/mol. The van der Waals surface area contributed by atoms with Gasteiger partial charge in [0.05, 0.1) is 13.7 Å². The van der Waals surface area contributed by atoms with Crippen molar-refractivity contribution in [2.75, 3.05) is 13.7 Å². The van der Waals surface area contributed by atoms with Gasteiger partial charge in [-0.3, -0.25) is 0 Å². The lowest BCUT2D eigenvalue weighted by Gasteiger charge is -2.13. The van der Waals surface area contributed by atoms with E-state index >= 15 is 0 Å². The van der Waals surface area contributed by atoms with Crippen molar-refractivity contribution < 1.29 is 9.84 Å². The van der Waals surface area contributed by atoms with Crippen LogP contribution in [0.1, 0.15) is 36.1 Å². The summed E-state index contributed by atoms with van der Waals surface area (Å²) in [6, 6.07) is 2.09. The number of hydrogen-bond acceptors (Lipinski definition) is 2. The third-order valence-electron chi connectivity index (χ3n) is 3.97. The second-order valence-corrected chi connectivity index (χ2v) is 5.79. The molecule has 0 amide bonds. The van der Waals surface area contributed by atoms with Crippen LogP contribution >= 0.6 is 0 Å². The van der Waals surface area contributed by atoms with Gasteiger partial charge in [0.2, 0.25) is 0 Å². The van der Waals surface area contributed by atoms with Gasteiger partial charge in [0.1, 0.15) is 5.75 Å². The van der Waals surface area contributed by atoms with Gasteiger partial charge in [-0.15, -0.1) is 0 Å². The van der Waals surface area contributed by atoms with Crippen LogP contribution < -0.4 is 4.74 Å². The summed E-state index contributed by atoms with van der Waals surface area (Å²) in [7, 11) is 1.71. The number of allylic oxidation sites excluding steroid dienone is 6. The Morgan fingerprint density at radius 1 is 1.09 bits per heavy atom. The zero-order chi connectivity index (χ0) is 17.4. The summed E-state index contributed by atoms with van der Waals surface area (Å²) >= 11 is 0. The van der Waals surface area contributed by atoms with Crippen LogP contribution in [0.3, 0.4) is 0 Å². The fraction of sp³-hybridized carbons (Fsp3) is 0.333. The molecule has 0 saturated heterocycles. The number of hydrogen-bond donors (Lipinski definition) is 1. The highest BCUT2D eigenvalue weighted by Crippen LogP contribution is 2.28. The molecule has 0 aliphatic heterocycles. The predicted octanol–water partition coefficient (Wildman–Crippen LogP) is 5.07. The molecule has 1 N–H and O–H groups in total. The Labute approximate surface area is 140 Å². The SMILES string of the molecule is COc1cc(C)c(/C=C/C(C)=C/C=C/C(C)=C/CO)c(C)c1C. The van der Waals surface area contributed by atoms with Crippen LogP contribution in [-0.2, 0) is 0 Å². The van der Waals surface area contributed by atoms with E-state index in [4.69, 9.17) is 9.84 Å². The molecule has 124 valence electrons. The fourth-order valence-corrected chi connectivity index (χ4v) is 2.37. The minimum Gasteiger partial charge on any atom is -0.496 e. The smallest absolute Gasteiger partial charge is 0.122 e. The fourth-order valence-electron chi connectivity index (χ4n) is 2.37. The molecule has 0 unspecified atom stereocenters. The largest absolute Gasteiger partial charge is 0.496 e. The van der Waals surface area contributed by atoms with Crippen molar-refractivity contribution in [3.63, 3.8) is 0 Å². The van der Waals surface area contributed by atoms with Gasteiger partial charge >= 0.3 is 0 Å². The molecule has 0 aliphatic carbocycles. The molecule has 0 heterocycles. The van der Waals surface area contributed by atoms with Gasteiger partial charge in [-0.25, -0.2) is 0 Å². The van der Waals surface area contributed by atoms with E-state index in [1.165, 1.54) is 27.8 Å². The molecule has 2 nitrogen and oxygen atoms in total. The summed E-state index contributed by atoms with van der Waals surface area (Å²) < 4.78 is 5.41. The number of aryl methyl sites for hydroxylation is 1. The lowest BCUT2D eigenvalue weighted by Crippen LogP contribution is -1.95. The minimum atomic E-state index is 0.0775. The van der Waals surface area contributed by atoms with Gasteiger partial charge in [0.25, 0.3) is 0 Å². The maximum Gasteiger partial charge on any atom is 0.122 e. The van der Waals surface area contributed by atoms with Gasteiger partial charge in [-0.2, -0.15) is 0 Å². The molecule has 0 radical (unpaired) electrons. The summed E-state index contributed by atoms with van der Waals surface area (Å²) in [6.07, 6.45) is 12.1. The number of rotatable bonds is 6. The highest BCUT2D eigenvalue weighted by Gasteiger charge is 2.08. The second-order valence-electron chi connectivity index (χ2n) is 5.79. The molecule has 0 atom stereocenters. The van der Waals surface area contributed by atoms with Crippen LogP contribution in [0.15, 0.2) is 47.6 Å². The molecule has 0 aromatic heterocycles. The molecule has 2 heteroatoms. The molecule has 1 aromatic rings. The first-order chi connectivity index (χ1) is 10.9. The number of benzene rings is 1. The standard InChI is InChI=1S/C21H28O2/c1-15(8-7-9-16(2)12-13-22)10-11-20-17(3)14-21(23-6)19(5)18(20)4/h7-12,14,22H,13H2,1-6H3/b9-7+,11-10+,15-8+,16-12+.